The van der Waals surface area contributed by atoms with E-state index in [1.807, 2.05) is 26.0 Å². The zero-order chi connectivity index (χ0) is 54.1. The lowest BCUT2D eigenvalue weighted by atomic mass is 9.88. The number of rotatable bonds is 13. The van der Waals surface area contributed by atoms with Crippen LogP contribution in [0, 0.1) is 17.8 Å². The maximum absolute atomic E-state index is 13.9. The molecule has 404 valence electrons. The number of esters is 3. The zero-order valence-electron chi connectivity index (χ0n) is 42.8. The Kier molecular flexibility index (Phi) is 22.4. The van der Waals surface area contributed by atoms with Gasteiger partial charge in [0.25, 0.3) is 0 Å². The molecule has 3 aliphatic heterocycles. The first-order valence-electron chi connectivity index (χ1n) is 24.2. The lowest BCUT2D eigenvalue weighted by Crippen LogP contribution is -2.64. The number of aliphatic hydroxyl groups is 6. The second-order valence-corrected chi connectivity index (χ2v) is 20.3. The van der Waals surface area contributed by atoms with Crippen LogP contribution in [0.1, 0.15) is 111 Å². The van der Waals surface area contributed by atoms with E-state index < -0.39 is 150 Å². The summed E-state index contributed by atoms with van der Waals surface area (Å²) in [5.41, 5.74) is 0.221. The van der Waals surface area contributed by atoms with Crippen molar-refractivity contribution in [3.05, 3.63) is 79.9 Å². The van der Waals surface area contributed by atoms with Crippen molar-refractivity contribution in [3.8, 4) is 11.5 Å². The third kappa shape index (κ3) is 14.7. The summed E-state index contributed by atoms with van der Waals surface area (Å²) in [6.45, 7) is 17.2. The maximum atomic E-state index is 13.9. The van der Waals surface area contributed by atoms with Crippen LogP contribution < -0.4 is 0 Å². The van der Waals surface area contributed by atoms with Crippen LogP contribution >= 0.6 is 23.2 Å². The number of phenolic OH excluding ortho intramolecular Hbond substituents is 2. The first-order valence-corrected chi connectivity index (χ1v) is 25.0. The number of aliphatic hydroxyl groups excluding tert-OH is 6. The predicted octanol–water partition coefficient (Wildman–Crippen LogP) is 5.83. The minimum atomic E-state index is -1.61. The Morgan fingerprint density at radius 2 is 1.58 bits per heavy atom. The highest BCUT2D eigenvalue weighted by molar-refractivity contribution is 6.39. The molecule has 1 aromatic rings. The maximum Gasteiger partial charge on any atom is 0.342 e. The van der Waals surface area contributed by atoms with Crippen LogP contribution in [0.5, 0.6) is 11.5 Å². The van der Waals surface area contributed by atoms with Gasteiger partial charge in [0.1, 0.15) is 40.6 Å². The van der Waals surface area contributed by atoms with Crippen LogP contribution in [-0.4, -0.2) is 151 Å². The van der Waals surface area contributed by atoms with Crippen molar-refractivity contribution in [2.75, 3.05) is 13.2 Å². The van der Waals surface area contributed by atoms with Crippen molar-refractivity contribution in [3.63, 3.8) is 0 Å². The molecule has 0 bridgehead atoms. The van der Waals surface area contributed by atoms with E-state index in [0.717, 1.165) is 0 Å². The van der Waals surface area contributed by atoms with E-state index in [4.69, 9.17) is 56.4 Å². The number of phenols is 2. The van der Waals surface area contributed by atoms with Crippen molar-refractivity contribution in [1.29, 1.82) is 0 Å². The lowest BCUT2D eigenvalue weighted by molar-refractivity contribution is -0.333. The number of benzene rings is 1. The van der Waals surface area contributed by atoms with E-state index in [1.54, 1.807) is 60.6 Å². The fraction of sp³-hybridized carbons (Fsp3) is 0.635. The fourth-order valence-electron chi connectivity index (χ4n) is 8.65. The standard InChI is InChI=1S/C52H74Cl2O18/c1-12-30-21-26(6)34(57)17-15-14-16-31(23-66-50-33(22-55)39(58)45(29(9)67-50)69-49(65)36-32(13-2)37(53)41(60)38(54)40(36)59)48(64)68-35(28(8)56)19-18-25(5)20-27(7)44(30)70-51-43(62)42(61)46(52(10,11)72-51)71-47(63)24(3)4/h14-16,18,20-21,24,28-30,33-35,39,42-46,50-51,55-62H,12-13,17,19,22-23H2,1-11H3/b15-14+,25-18+,26-21+,27-20+,31-16+/t28?,29-,30?,33+,34?,35?,39-,42-,43+,44?,45-,46+,50-,51-/m1/s1. The number of carbonyl (C=O) groups is 3. The van der Waals surface area contributed by atoms with Gasteiger partial charge >= 0.3 is 17.9 Å². The van der Waals surface area contributed by atoms with E-state index in [-0.39, 0.29) is 35.4 Å². The Hall–Kier alpha value is -3.89. The van der Waals surface area contributed by atoms with Crippen LogP contribution in [0.2, 0.25) is 10.0 Å². The molecule has 72 heavy (non-hydrogen) atoms. The second kappa shape index (κ2) is 26.5. The van der Waals surface area contributed by atoms with Crippen LogP contribution in [-0.2, 0) is 49.2 Å². The molecular weight excluding hydrogens is 983 g/mol. The van der Waals surface area contributed by atoms with Crippen molar-refractivity contribution in [2.45, 2.75) is 181 Å². The molecule has 8 N–H and O–H groups in total. The quantitative estimate of drug-likeness (QED) is 0.0656. The normalized spacial score (nSPS) is 34.8. The van der Waals surface area contributed by atoms with Gasteiger partial charge < -0.3 is 74.0 Å². The average Bonchev–Trinajstić information content (AvgIpc) is 3.32. The molecule has 1 aromatic carbocycles. The molecule has 20 heteroatoms. The summed E-state index contributed by atoms with van der Waals surface area (Å²) in [7, 11) is 0. The SMILES string of the molecule is CCc1c(Cl)c(O)c(Cl)c(O)c1C(=O)O[C@H]1[C@H](O)[C@H](CO)[C@H](OC/C2=C\C=C\CC(O)/C(C)=C/C(CC)C(O[C@@H]3OC(C)(C)[C@@H](OC(=O)C(C)C)[C@H](O)[C@@H]3O)/C(C)=C/C(C)=C/CC(C(C)O)OC2=O)O[C@@H]1C. The van der Waals surface area contributed by atoms with Gasteiger partial charge in [-0.05, 0) is 90.5 Å². The van der Waals surface area contributed by atoms with E-state index >= 15 is 0 Å². The molecule has 0 aliphatic carbocycles. The molecule has 0 aromatic heterocycles. The average molecular weight is 1060 g/mol. The summed E-state index contributed by atoms with van der Waals surface area (Å²) in [6, 6.07) is 0. The van der Waals surface area contributed by atoms with Crippen LogP contribution in [0.25, 0.3) is 0 Å². The molecule has 0 saturated carbocycles. The summed E-state index contributed by atoms with van der Waals surface area (Å²) in [5, 5.41) is 86.8. The van der Waals surface area contributed by atoms with Gasteiger partial charge in [-0.3, -0.25) is 4.79 Å². The monoisotopic (exact) mass is 1060 g/mol. The topological polar surface area (TPSA) is 278 Å². The third-order valence-corrected chi connectivity index (χ3v) is 13.9. The van der Waals surface area contributed by atoms with Gasteiger partial charge in [0.15, 0.2) is 36.3 Å². The summed E-state index contributed by atoms with van der Waals surface area (Å²) >= 11 is 12.2. The molecule has 3 heterocycles. The molecule has 5 unspecified atom stereocenters. The van der Waals surface area contributed by atoms with Gasteiger partial charge in [-0.1, -0.05) is 86.9 Å². The summed E-state index contributed by atoms with van der Waals surface area (Å²) in [5.74, 6) is -6.11. The van der Waals surface area contributed by atoms with Gasteiger partial charge in [-0.25, -0.2) is 9.59 Å². The number of carbonyl (C=O) groups excluding carboxylic acids is 3. The van der Waals surface area contributed by atoms with Crippen LogP contribution in [0.15, 0.2) is 58.7 Å². The first-order chi connectivity index (χ1) is 33.7. The smallest absolute Gasteiger partial charge is 0.342 e. The Labute approximate surface area is 431 Å². The molecule has 4 rings (SSSR count). The van der Waals surface area contributed by atoms with Crippen molar-refractivity contribution < 1.29 is 88.4 Å². The van der Waals surface area contributed by atoms with Crippen LogP contribution in [0.3, 0.4) is 0 Å². The van der Waals surface area contributed by atoms with Crippen molar-refractivity contribution >= 4 is 41.1 Å². The number of halogens is 2. The molecule has 0 spiro atoms. The highest BCUT2D eigenvalue weighted by Crippen LogP contribution is 2.45. The van der Waals surface area contributed by atoms with E-state index in [1.165, 1.54) is 26.0 Å². The van der Waals surface area contributed by atoms with Gasteiger partial charge in [0.2, 0.25) is 0 Å². The number of hydrogen-bond acceptors (Lipinski definition) is 18. The number of ether oxygens (including phenoxy) is 7. The third-order valence-electron chi connectivity index (χ3n) is 13.1. The summed E-state index contributed by atoms with van der Waals surface area (Å²) in [6.07, 6.45) is -4.48. The molecular formula is C52H74Cl2O18. The Balaban J connectivity index is 1.61. The summed E-state index contributed by atoms with van der Waals surface area (Å²) in [4.78, 5) is 40.0. The number of cyclic esters (lactones) is 1. The molecule has 3 aliphatic rings. The van der Waals surface area contributed by atoms with Gasteiger partial charge in [0.05, 0.1) is 60.1 Å². The zero-order valence-corrected chi connectivity index (χ0v) is 44.3. The number of hydrogen-bond donors (Lipinski definition) is 8. The van der Waals surface area contributed by atoms with E-state index in [9.17, 15) is 55.2 Å². The molecule has 14 atom stereocenters. The summed E-state index contributed by atoms with van der Waals surface area (Å²) < 4.78 is 41.8. The fourth-order valence-corrected chi connectivity index (χ4v) is 9.21. The number of allylic oxidation sites excluding steroid dienone is 4. The van der Waals surface area contributed by atoms with Crippen molar-refractivity contribution in [2.24, 2.45) is 17.8 Å². The second-order valence-electron chi connectivity index (χ2n) is 19.5. The molecule has 2 saturated heterocycles. The van der Waals surface area contributed by atoms with E-state index in [0.29, 0.717) is 23.1 Å². The van der Waals surface area contributed by atoms with Crippen LogP contribution in [0.4, 0.5) is 0 Å². The molecule has 0 amide bonds. The lowest BCUT2D eigenvalue weighted by Gasteiger charge is -2.47. The van der Waals surface area contributed by atoms with Crippen molar-refractivity contribution in [1.82, 2.24) is 0 Å². The molecule has 0 radical (unpaired) electrons. The Morgan fingerprint density at radius 3 is 2.18 bits per heavy atom. The minimum Gasteiger partial charge on any atom is -0.505 e. The van der Waals surface area contributed by atoms with Gasteiger partial charge in [-0.15, -0.1) is 0 Å². The molecule has 18 nitrogen and oxygen atoms in total. The van der Waals surface area contributed by atoms with Gasteiger partial charge in [0, 0.05) is 12.3 Å². The first kappa shape index (κ1) is 60.7. The molecule has 2 fully saturated rings. The highest BCUT2D eigenvalue weighted by Gasteiger charge is 2.53. The Bertz CT molecular complexity index is 2220. The van der Waals surface area contributed by atoms with Gasteiger partial charge in [-0.2, -0.15) is 0 Å². The van der Waals surface area contributed by atoms with E-state index in [2.05, 4.69) is 0 Å². The largest absolute Gasteiger partial charge is 0.505 e. The Morgan fingerprint density at radius 1 is 0.917 bits per heavy atom. The highest BCUT2D eigenvalue weighted by atomic mass is 35.5. The predicted molar refractivity (Wildman–Crippen MR) is 265 cm³/mol. The minimum absolute atomic E-state index is 0.0413. The number of aromatic hydroxyl groups is 2.